The molecule has 1 fully saturated rings. The van der Waals surface area contributed by atoms with Gasteiger partial charge in [-0.3, -0.25) is 0 Å². The van der Waals surface area contributed by atoms with Crippen LogP contribution in [0.25, 0.3) is 0 Å². The molecule has 0 radical (unpaired) electrons. The smallest absolute Gasteiger partial charge is 0.00900 e. The van der Waals surface area contributed by atoms with Crippen LogP contribution in [-0.2, 0) is 0 Å². The standard InChI is InChI=1S/C14H30N2/c1-5-14(6-2)16-10-8-13(9-11-16)12(4)15-7-3/h12-15H,5-11H2,1-4H3. The summed E-state index contributed by atoms with van der Waals surface area (Å²) >= 11 is 0. The summed E-state index contributed by atoms with van der Waals surface area (Å²) in [6, 6.07) is 1.53. The second-order valence-corrected chi connectivity index (χ2v) is 5.19. The van der Waals surface area contributed by atoms with Gasteiger partial charge in [0, 0.05) is 12.1 Å². The minimum absolute atomic E-state index is 0.703. The monoisotopic (exact) mass is 226 g/mol. The molecule has 2 heteroatoms. The van der Waals surface area contributed by atoms with E-state index in [4.69, 9.17) is 0 Å². The second-order valence-electron chi connectivity index (χ2n) is 5.19. The molecule has 1 N–H and O–H groups in total. The third-order valence-corrected chi connectivity index (χ3v) is 4.27. The fraction of sp³-hybridized carbons (Fsp3) is 1.00. The molecular weight excluding hydrogens is 196 g/mol. The van der Waals surface area contributed by atoms with Crippen molar-refractivity contribution >= 4 is 0 Å². The maximum Gasteiger partial charge on any atom is 0.00900 e. The largest absolute Gasteiger partial charge is 0.314 e. The number of rotatable bonds is 6. The van der Waals surface area contributed by atoms with E-state index >= 15 is 0 Å². The van der Waals surface area contributed by atoms with E-state index in [1.54, 1.807) is 0 Å². The first-order chi connectivity index (χ1) is 7.72. The summed E-state index contributed by atoms with van der Waals surface area (Å²) in [6.45, 7) is 12.9. The highest BCUT2D eigenvalue weighted by Crippen LogP contribution is 2.23. The Morgan fingerprint density at radius 2 is 1.69 bits per heavy atom. The minimum atomic E-state index is 0.703. The van der Waals surface area contributed by atoms with E-state index in [0.29, 0.717) is 6.04 Å². The van der Waals surface area contributed by atoms with E-state index in [-0.39, 0.29) is 0 Å². The maximum absolute atomic E-state index is 3.57. The van der Waals surface area contributed by atoms with Gasteiger partial charge in [-0.1, -0.05) is 20.8 Å². The topological polar surface area (TPSA) is 15.3 Å². The number of hydrogen-bond donors (Lipinski definition) is 1. The Labute approximate surface area is 102 Å². The second kappa shape index (κ2) is 7.29. The van der Waals surface area contributed by atoms with Gasteiger partial charge in [0.25, 0.3) is 0 Å². The van der Waals surface area contributed by atoms with Crippen molar-refractivity contribution in [2.45, 2.75) is 65.5 Å². The molecular formula is C14H30N2. The number of nitrogens with zero attached hydrogens (tertiary/aromatic N) is 1. The van der Waals surface area contributed by atoms with Crippen molar-refractivity contribution in [1.82, 2.24) is 10.2 Å². The minimum Gasteiger partial charge on any atom is -0.314 e. The van der Waals surface area contributed by atoms with Gasteiger partial charge in [-0.25, -0.2) is 0 Å². The summed E-state index contributed by atoms with van der Waals surface area (Å²) in [5, 5.41) is 3.57. The highest BCUT2D eigenvalue weighted by atomic mass is 15.2. The average Bonchev–Trinajstić information content (AvgIpc) is 2.32. The predicted molar refractivity (Wildman–Crippen MR) is 71.8 cm³/mol. The molecule has 0 aromatic carbocycles. The zero-order chi connectivity index (χ0) is 12.0. The van der Waals surface area contributed by atoms with Gasteiger partial charge in [0.05, 0.1) is 0 Å². The van der Waals surface area contributed by atoms with Gasteiger partial charge < -0.3 is 10.2 Å². The lowest BCUT2D eigenvalue weighted by atomic mass is 9.89. The molecule has 1 heterocycles. The van der Waals surface area contributed by atoms with Crippen LogP contribution < -0.4 is 5.32 Å². The summed E-state index contributed by atoms with van der Waals surface area (Å²) in [6.07, 6.45) is 5.38. The molecule has 2 nitrogen and oxygen atoms in total. The quantitative estimate of drug-likeness (QED) is 0.749. The fourth-order valence-corrected chi connectivity index (χ4v) is 3.08. The predicted octanol–water partition coefficient (Wildman–Crippen LogP) is 2.89. The molecule has 0 amide bonds. The van der Waals surface area contributed by atoms with E-state index in [1.165, 1.54) is 38.8 Å². The van der Waals surface area contributed by atoms with Gasteiger partial charge in [0.15, 0.2) is 0 Å². The van der Waals surface area contributed by atoms with Crippen LogP contribution in [0.5, 0.6) is 0 Å². The van der Waals surface area contributed by atoms with Crippen LogP contribution in [0.4, 0.5) is 0 Å². The van der Waals surface area contributed by atoms with E-state index in [2.05, 4.69) is 37.9 Å². The lowest BCUT2D eigenvalue weighted by molar-refractivity contribution is 0.113. The van der Waals surface area contributed by atoms with E-state index in [1.807, 2.05) is 0 Å². The van der Waals surface area contributed by atoms with Crippen LogP contribution in [0.3, 0.4) is 0 Å². The van der Waals surface area contributed by atoms with Gasteiger partial charge in [-0.05, 0) is 58.2 Å². The zero-order valence-corrected chi connectivity index (χ0v) is 11.6. The molecule has 0 bridgehead atoms. The number of piperidine rings is 1. The van der Waals surface area contributed by atoms with Gasteiger partial charge in [-0.15, -0.1) is 0 Å². The fourth-order valence-electron chi connectivity index (χ4n) is 3.08. The summed E-state index contributed by atoms with van der Waals surface area (Å²) in [5.74, 6) is 0.894. The summed E-state index contributed by atoms with van der Waals surface area (Å²) in [5.41, 5.74) is 0. The summed E-state index contributed by atoms with van der Waals surface area (Å²) in [4.78, 5) is 2.70. The van der Waals surface area contributed by atoms with Gasteiger partial charge in [0.1, 0.15) is 0 Å². The van der Waals surface area contributed by atoms with Crippen LogP contribution in [-0.4, -0.2) is 36.6 Å². The van der Waals surface area contributed by atoms with Crippen LogP contribution in [0.2, 0.25) is 0 Å². The van der Waals surface area contributed by atoms with Crippen molar-refractivity contribution in [2.24, 2.45) is 5.92 Å². The average molecular weight is 226 g/mol. The Bertz CT molecular complexity index is 170. The molecule has 0 spiro atoms. The SMILES string of the molecule is CCNC(C)C1CCN(C(CC)CC)CC1. The number of likely N-dealkylation sites (tertiary alicyclic amines) is 1. The Kier molecular flexibility index (Phi) is 6.37. The normalized spacial score (nSPS) is 21.6. The van der Waals surface area contributed by atoms with Gasteiger partial charge >= 0.3 is 0 Å². The first kappa shape index (κ1) is 14.0. The van der Waals surface area contributed by atoms with Crippen molar-refractivity contribution in [3.8, 4) is 0 Å². The van der Waals surface area contributed by atoms with Crippen molar-refractivity contribution < 1.29 is 0 Å². The molecule has 96 valence electrons. The summed E-state index contributed by atoms with van der Waals surface area (Å²) < 4.78 is 0. The molecule has 1 aliphatic rings. The molecule has 16 heavy (non-hydrogen) atoms. The molecule has 1 rings (SSSR count). The Morgan fingerprint density at radius 3 is 2.12 bits per heavy atom. The summed E-state index contributed by atoms with van der Waals surface area (Å²) in [7, 11) is 0. The maximum atomic E-state index is 3.57. The Balaban J connectivity index is 2.32. The number of nitrogens with one attached hydrogen (secondary N) is 1. The molecule has 0 aromatic rings. The molecule has 0 aliphatic carbocycles. The van der Waals surface area contributed by atoms with Gasteiger partial charge in [0.2, 0.25) is 0 Å². The lowest BCUT2D eigenvalue weighted by Gasteiger charge is -2.39. The van der Waals surface area contributed by atoms with Crippen molar-refractivity contribution in [3.63, 3.8) is 0 Å². The van der Waals surface area contributed by atoms with E-state index < -0.39 is 0 Å². The lowest BCUT2D eigenvalue weighted by Crippen LogP contribution is -2.45. The highest BCUT2D eigenvalue weighted by Gasteiger charge is 2.25. The van der Waals surface area contributed by atoms with E-state index in [9.17, 15) is 0 Å². The highest BCUT2D eigenvalue weighted by molar-refractivity contribution is 4.81. The van der Waals surface area contributed by atoms with Crippen molar-refractivity contribution in [2.75, 3.05) is 19.6 Å². The third kappa shape index (κ3) is 3.74. The molecule has 1 aliphatic heterocycles. The first-order valence-electron chi connectivity index (χ1n) is 7.20. The molecule has 0 saturated carbocycles. The van der Waals surface area contributed by atoms with Crippen LogP contribution in [0, 0.1) is 5.92 Å². The van der Waals surface area contributed by atoms with Crippen molar-refractivity contribution in [3.05, 3.63) is 0 Å². The van der Waals surface area contributed by atoms with Gasteiger partial charge in [-0.2, -0.15) is 0 Å². The molecule has 1 saturated heterocycles. The Hall–Kier alpha value is -0.0800. The van der Waals surface area contributed by atoms with Crippen LogP contribution >= 0.6 is 0 Å². The first-order valence-corrected chi connectivity index (χ1v) is 7.20. The number of hydrogen-bond acceptors (Lipinski definition) is 2. The molecule has 0 aromatic heterocycles. The zero-order valence-electron chi connectivity index (χ0n) is 11.6. The molecule has 1 atom stereocenters. The van der Waals surface area contributed by atoms with Crippen molar-refractivity contribution in [1.29, 1.82) is 0 Å². The van der Waals surface area contributed by atoms with E-state index in [0.717, 1.165) is 18.5 Å². The third-order valence-electron chi connectivity index (χ3n) is 4.27. The molecule has 1 unspecified atom stereocenters. The van der Waals surface area contributed by atoms with Crippen LogP contribution in [0.1, 0.15) is 53.4 Å². The van der Waals surface area contributed by atoms with Crippen LogP contribution in [0.15, 0.2) is 0 Å². The Morgan fingerprint density at radius 1 is 1.12 bits per heavy atom.